The molecule has 1 aromatic heterocycles. The van der Waals surface area contributed by atoms with E-state index in [0.29, 0.717) is 36.4 Å². The monoisotopic (exact) mass is 524 g/mol. The molecule has 1 unspecified atom stereocenters. The van der Waals surface area contributed by atoms with Gasteiger partial charge in [0.05, 0.1) is 23.9 Å². The summed E-state index contributed by atoms with van der Waals surface area (Å²) in [5.41, 5.74) is 2.45. The number of carbonyl (C=O) groups excluding carboxylic acids is 1. The van der Waals surface area contributed by atoms with E-state index in [1.807, 2.05) is 6.92 Å². The van der Waals surface area contributed by atoms with Crippen molar-refractivity contribution in [3.63, 3.8) is 0 Å². The van der Waals surface area contributed by atoms with Crippen LogP contribution in [0.3, 0.4) is 0 Å². The van der Waals surface area contributed by atoms with Gasteiger partial charge in [-0.3, -0.25) is 14.7 Å². The van der Waals surface area contributed by atoms with Gasteiger partial charge in [0, 0.05) is 46.3 Å². The number of guanidine groups is 1. The number of morpholine rings is 1. The van der Waals surface area contributed by atoms with Crippen LogP contribution in [0.2, 0.25) is 0 Å². The molecule has 0 radical (unpaired) electrons. The number of amides is 1. The number of ether oxygens (including phenoxy) is 1. The van der Waals surface area contributed by atoms with Gasteiger partial charge < -0.3 is 20.7 Å². The van der Waals surface area contributed by atoms with Crippen LogP contribution in [0.25, 0.3) is 0 Å². The van der Waals surface area contributed by atoms with Gasteiger partial charge in [0.1, 0.15) is 4.88 Å². The molecule has 1 atom stereocenters. The Bertz CT molecular complexity index is 625. The van der Waals surface area contributed by atoms with Gasteiger partial charge in [-0.15, -0.1) is 35.3 Å². The summed E-state index contributed by atoms with van der Waals surface area (Å²) in [5, 5.41) is 9.40. The minimum Gasteiger partial charge on any atom is -0.374 e. The molecule has 0 saturated carbocycles. The molecule has 1 fully saturated rings. The SMILES string of the molecule is CN=C(NCCNC(=O)c1scnc1C)NCC1CN(CC(C)C)CCO1.I. The molecule has 28 heavy (non-hydrogen) atoms. The highest BCUT2D eigenvalue weighted by Gasteiger charge is 2.21. The van der Waals surface area contributed by atoms with Crippen LogP contribution in [0.15, 0.2) is 10.5 Å². The first kappa shape index (κ1) is 25.1. The van der Waals surface area contributed by atoms with Crippen molar-refractivity contribution < 1.29 is 9.53 Å². The molecule has 3 N–H and O–H groups in total. The van der Waals surface area contributed by atoms with Crippen LogP contribution in [0.1, 0.15) is 29.2 Å². The molecule has 8 nitrogen and oxygen atoms in total. The van der Waals surface area contributed by atoms with Crippen LogP contribution >= 0.6 is 35.3 Å². The second-order valence-corrected chi connectivity index (χ2v) is 7.90. The maximum absolute atomic E-state index is 12.0. The fourth-order valence-electron chi connectivity index (χ4n) is 2.97. The molecule has 10 heteroatoms. The van der Waals surface area contributed by atoms with E-state index >= 15 is 0 Å². The molecule has 160 valence electrons. The number of hydrogen-bond donors (Lipinski definition) is 3. The van der Waals surface area contributed by atoms with E-state index in [1.54, 1.807) is 12.6 Å². The van der Waals surface area contributed by atoms with Gasteiger partial charge >= 0.3 is 0 Å². The molecule has 0 aromatic carbocycles. The minimum atomic E-state index is -0.0828. The lowest BCUT2D eigenvalue weighted by Gasteiger charge is -2.34. The molecular formula is C18H33IN6O2S. The summed E-state index contributed by atoms with van der Waals surface area (Å²) in [5.74, 6) is 1.29. The summed E-state index contributed by atoms with van der Waals surface area (Å²) in [4.78, 5) is 23.5. The average Bonchev–Trinajstić information content (AvgIpc) is 3.07. The maximum Gasteiger partial charge on any atom is 0.263 e. The normalized spacial score (nSPS) is 17.9. The van der Waals surface area contributed by atoms with Gasteiger partial charge in [0.2, 0.25) is 0 Å². The third-order valence-corrected chi connectivity index (χ3v) is 5.15. The zero-order valence-electron chi connectivity index (χ0n) is 17.2. The van der Waals surface area contributed by atoms with E-state index in [0.717, 1.165) is 31.9 Å². The van der Waals surface area contributed by atoms with E-state index in [4.69, 9.17) is 4.74 Å². The molecule has 1 amide bonds. The Balaban J connectivity index is 0.00000392. The molecule has 0 aliphatic carbocycles. The Morgan fingerprint density at radius 1 is 1.39 bits per heavy atom. The first-order chi connectivity index (χ1) is 13.0. The fourth-order valence-corrected chi connectivity index (χ4v) is 3.69. The second kappa shape index (κ2) is 13.3. The molecule has 1 aliphatic heterocycles. The van der Waals surface area contributed by atoms with E-state index < -0.39 is 0 Å². The number of aryl methyl sites for hydroxylation is 1. The van der Waals surface area contributed by atoms with Crippen molar-refractivity contribution in [1.29, 1.82) is 0 Å². The lowest BCUT2D eigenvalue weighted by atomic mass is 10.2. The third-order valence-electron chi connectivity index (χ3n) is 4.22. The van der Waals surface area contributed by atoms with Crippen LogP contribution in [-0.4, -0.2) is 80.8 Å². The number of rotatable bonds is 8. The van der Waals surface area contributed by atoms with Gasteiger partial charge in [0.25, 0.3) is 5.91 Å². The molecule has 2 rings (SSSR count). The Hall–Kier alpha value is -0.980. The number of aromatic nitrogens is 1. The Labute approximate surface area is 188 Å². The van der Waals surface area contributed by atoms with Crippen LogP contribution in [0.4, 0.5) is 0 Å². The Morgan fingerprint density at radius 3 is 2.79 bits per heavy atom. The fraction of sp³-hybridized carbons (Fsp3) is 0.722. The predicted molar refractivity (Wildman–Crippen MR) is 125 cm³/mol. The molecular weight excluding hydrogens is 491 g/mol. The van der Waals surface area contributed by atoms with Crippen LogP contribution in [0, 0.1) is 12.8 Å². The second-order valence-electron chi connectivity index (χ2n) is 7.05. The van der Waals surface area contributed by atoms with Gasteiger partial charge in [-0.05, 0) is 12.8 Å². The molecule has 0 bridgehead atoms. The summed E-state index contributed by atoms with van der Waals surface area (Å²) in [6.45, 7) is 11.9. The summed E-state index contributed by atoms with van der Waals surface area (Å²) in [6.07, 6.45) is 0.157. The average molecular weight is 524 g/mol. The number of aliphatic imine (C=N–C) groups is 1. The third kappa shape index (κ3) is 8.58. The summed E-state index contributed by atoms with van der Waals surface area (Å²) in [7, 11) is 1.74. The van der Waals surface area contributed by atoms with E-state index in [1.165, 1.54) is 11.3 Å². The van der Waals surface area contributed by atoms with E-state index in [2.05, 4.69) is 44.7 Å². The van der Waals surface area contributed by atoms with E-state index in [9.17, 15) is 4.79 Å². The Kier molecular flexibility index (Phi) is 11.9. The van der Waals surface area contributed by atoms with Gasteiger partial charge in [-0.25, -0.2) is 4.98 Å². The maximum atomic E-state index is 12.0. The van der Waals surface area contributed by atoms with Crippen LogP contribution < -0.4 is 16.0 Å². The molecule has 2 heterocycles. The van der Waals surface area contributed by atoms with Crippen LogP contribution in [-0.2, 0) is 4.74 Å². The van der Waals surface area contributed by atoms with Gasteiger partial charge in [0.15, 0.2) is 5.96 Å². The highest BCUT2D eigenvalue weighted by Crippen LogP contribution is 2.11. The van der Waals surface area contributed by atoms with Crippen LogP contribution in [0.5, 0.6) is 0 Å². The van der Waals surface area contributed by atoms with Crippen molar-refractivity contribution in [3.05, 3.63) is 16.1 Å². The Morgan fingerprint density at radius 2 is 2.14 bits per heavy atom. The summed E-state index contributed by atoms with van der Waals surface area (Å²) in [6, 6.07) is 0. The van der Waals surface area contributed by atoms with Crippen molar-refractivity contribution in [1.82, 2.24) is 25.8 Å². The van der Waals surface area contributed by atoms with Crippen molar-refractivity contribution in [2.45, 2.75) is 26.9 Å². The van der Waals surface area contributed by atoms with Crippen molar-refractivity contribution in [3.8, 4) is 0 Å². The molecule has 1 aromatic rings. The van der Waals surface area contributed by atoms with Crippen molar-refractivity contribution in [2.75, 3.05) is 52.9 Å². The van der Waals surface area contributed by atoms with Gasteiger partial charge in [-0.2, -0.15) is 0 Å². The zero-order valence-corrected chi connectivity index (χ0v) is 20.3. The van der Waals surface area contributed by atoms with Gasteiger partial charge in [-0.1, -0.05) is 13.8 Å². The van der Waals surface area contributed by atoms with Crippen molar-refractivity contribution in [2.24, 2.45) is 10.9 Å². The quantitative estimate of drug-likeness (QED) is 0.206. The number of nitrogens with one attached hydrogen (secondary N) is 3. The number of nitrogens with zero attached hydrogens (tertiary/aromatic N) is 3. The topological polar surface area (TPSA) is 90.9 Å². The standard InChI is InChI=1S/C18H32N6O2S.HI/c1-13(2)10-24-7-8-26-15(11-24)9-22-18(19-4)21-6-5-20-17(25)16-14(3)23-12-27-16;/h12-13,15H,5-11H2,1-4H3,(H,20,25)(H2,19,21,22);1H. The molecule has 0 spiro atoms. The number of carbonyl (C=O) groups is 1. The number of thiazole rings is 1. The van der Waals surface area contributed by atoms with Crippen molar-refractivity contribution >= 4 is 47.2 Å². The lowest BCUT2D eigenvalue weighted by Crippen LogP contribution is -2.50. The lowest BCUT2D eigenvalue weighted by molar-refractivity contribution is -0.0284. The first-order valence-corrected chi connectivity index (χ1v) is 10.3. The summed E-state index contributed by atoms with van der Waals surface area (Å²) >= 11 is 1.36. The molecule has 1 saturated heterocycles. The molecule has 1 aliphatic rings. The minimum absolute atomic E-state index is 0. The number of halogens is 1. The summed E-state index contributed by atoms with van der Waals surface area (Å²) < 4.78 is 5.85. The largest absolute Gasteiger partial charge is 0.374 e. The number of hydrogen-bond acceptors (Lipinski definition) is 6. The smallest absolute Gasteiger partial charge is 0.263 e. The highest BCUT2D eigenvalue weighted by molar-refractivity contribution is 14.0. The predicted octanol–water partition coefficient (Wildman–Crippen LogP) is 1.32. The van der Waals surface area contributed by atoms with E-state index in [-0.39, 0.29) is 36.0 Å². The zero-order chi connectivity index (χ0) is 19.6. The first-order valence-electron chi connectivity index (χ1n) is 9.46. The highest BCUT2D eigenvalue weighted by atomic mass is 127.